The van der Waals surface area contributed by atoms with Gasteiger partial charge in [-0.1, -0.05) is 0 Å². The van der Waals surface area contributed by atoms with Gasteiger partial charge in [0.25, 0.3) is 5.91 Å². The molecule has 1 aliphatic heterocycles. The predicted octanol–water partition coefficient (Wildman–Crippen LogP) is -0.479. The fourth-order valence-electron chi connectivity index (χ4n) is 0.333. The molecular weight excluding hydrogens is 208 g/mol. The van der Waals surface area contributed by atoms with Crippen molar-refractivity contribution in [2.45, 2.75) is 0 Å². The van der Waals surface area contributed by atoms with Crippen molar-refractivity contribution in [1.82, 2.24) is 9.44 Å². The van der Waals surface area contributed by atoms with Crippen LogP contribution >= 0.6 is 15.9 Å². The summed E-state index contributed by atoms with van der Waals surface area (Å²) in [6.07, 6.45) is 1.34. The molecule has 0 aromatic rings. The number of nitrogens with one attached hydrogen (secondary N) is 2. The number of rotatable bonds is 0. The third-order valence-electron chi connectivity index (χ3n) is 0.695. The van der Waals surface area contributed by atoms with Gasteiger partial charge in [0.05, 0.1) is 4.48 Å². The third-order valence-corrected chi connectivity index (χ3v) is 1.99. The molecule has 9 heavy (non-hydrogen) atoms. The summed E-state index contributed by atoms with van der Waals surface area (Å²) >= 11 is 1.49. The van der Waals surface area contributed by atoms with E-state index in [0.717, 1.165) is 0 Å². The number of hydrogen-bond acceptors (Lipinski definition) is 2. The van der Waals surface area contributed by atoms with Crippen LogP contribution in [0.3, 0.4) is 0 Å². The Morgan fingerprint density at radius 2 is 2.33 bits per heavy atom. The Labute approximate surface area is 62.5 Å². The zero-order chi connectivity index (χ0) is 6.85. The van der Waals surface area contributed by atoms with Crippen LogP contribution in [0.25, 0.3) is 0 Å². The van der Waals surface area contributed by atoms with E-state index in [1.807, 2.05) is 0 Å². The highest BCUT2D eigenvalue weighted by atomic mass is 79.9. The fraction of sp³-hybridized carbons (Fsp3) is 0. The van der Waals surface area contributed by atoms with Gasteiger partial charge in [-0.15, -0.1) is 0 Å². The van der Waals surface area contributed by atoms with Crippen LogP contribution in [-0.4, -0.2) is 10.1 Å². The van der Waals surface area contributed by atoms with Crippen LogP contribution in [0.4, 0.5) is 0 Å². The molecule has 1 rings (SSSR count). The highest BCUT2D eigenvalue weighted by Gasteiger charge is 2.13. The first kappa shape index (κ1) is 6.76. The third kappa shape index (κ3) is 1.52. The van der Waals surface area contributed by atoms with Crippen molar-refractivity contribution in [2.75, 3.05) is 0 Å². The van der Waals surface area contributed by atoms with Crippen molar-refractivity contribution in [3.8, 4) is 0 Å². The molecule has 2 N–H and O–H groups in total. The van der Waals surface area contributed by atoms with Gasteiger partial charge in [0.1, 0.15) is 0 Å². The van der Waals surface area contributed by atoms with E-state index in [1.54, 1.807) is 0 Å². The lowest BCUT2D eigenvalue weighted by atomic mass is 10.6. The Kier molecular flexibility index (Phi) is 1.87. The average molecular weight is 211 g/mol. The second-order valence-corrected chi connectivity index (χ2v) is 3.14. The monoisotopic (exact) mass is 210 g/mol. The second-order valence-electron chi connectivity index (χ2n) is 1.31. The van der Waals surface area contributed by atoms with Gasteiger partial charge in [0, 0.05) is 6.20 Å². The molecule has 0 saturated heterocycles. The number of amides is 1. The van der Waals surface area contributed by atoms with Gasteiger partial charge in [-0.3, -0.25) is 14.2 Å². The van der Waals surface area contributed by atoms with Gasteiger partial charge < -0.3 is 0 Å². The van der Waals surface area contributed by atoms with Gasteiger partial charge in [-0.2, -0.15) is 0 Å². The molecule has 0 aromatic heterocycles. The van der Waals surface area contributed by atoms with Crippen molar-refractivity contribution in [3.63, 3.8) is 0 Å². The van der Waals surface area contributed by atoms with E-state index in [1.165, 1.54) is 6.20 Å². The first-order chi connectivity index (χ1) is 4.20. The molecule has 0 aromatic carbocycles. The van der Waals surface area contributed by atoms with Crippen LogP contribution in [0.2, 0.25) is 0 Å². The Hall–Kier alpha value is -0.360. The normalized spacial score (nSPS) is 26.1. The maximum absolute atomic E-state index is 10.5. The smallest absolute Gasteiger partial charge is 0.272 e. The summed E-state index contributed by atoms with van der Waals surface area (Å²) in [4.78, 5) is 10.5. The van der Waals surface area contributed by atoms with Gasteiger partial charge in [-0.05, 0) is 15.9 Å². The summed E-state index contributed by atoms with van der Waals surface area (Å²) in [6.45, 7) is 0. The van der Waals surface area contributed by atoms with Crippen molar-refractivity contribution in [1.29, 1.82) is 0 Å². The van der Waals surface area contributed by atoms with Crippen LogP contribution in [-0.2, 0) is 16.0 Å². The summed E-state index contributed by atoms with van der Waals surface area (Å²) in [6, 6.07) is 0. The van der Waals surface area contributed by atoms with Gasteiger partial charge >= 0.3 is 0 Å². The molecule has 1 amide bonds. The number of halogens is 1. The largest absolute Gasteiger partial charge is 0.293 e. The lowest BCUT2D eigenvalue weighted by molar-refractivity contribution is -0.115. The minimum Gasteiger partial charge on any atom is -0.293 e. The van der Waals surface area contributed by atoms with E-state index >= 15 is 0 Å². The summed E-state index contributed by atoms with van der Waals surface area (Å²) in [5, 5.41) is 0. The molecule has 1 unspecified atom stereocenters. The standard InChI is InChI=1S/C3H3BrN2O2S/c4-2-1-5-9(8)6-3(2)7/h1,5H,(H,6,7). The van der Waals surface area contributed by atoms with Crippen LogP contribution in [0.15, 0.2) is 10.7 Å². The zero-order valence-corrected chi connectivity index (χ0v) is 6.58. The maximum atomic E-state index is 10.5. The first-order valence-electron chi connectivity index (χ1n) is 2.05. The average Bonchev–Trinajstić information content (AvgIpc) is 1.80. The highest BCUT2D eigenvalue weighted by molar-refractivity contribution is 9.12. The van der Waals surface area contributed by atoms with Crippen molar-refractivity contribution < 1.29 is 9.00 Å². The Morgan fingerprint density at radius 1 is 1.67 bits per heavy atom. The molecule has 0 spiro atoms. The second kappa shape index (κ2) is 2.49. The lowest BCUT2D eigenvalue weighted by Crippen LogP contribution is -2.36. The van der Waals surface area contributed by atoms with E-state index in [-0.39, 0.29) is 5.91 Å². The molecule has 1 aliphatic rings. The van der Waals surface area contributed by atoms with Gasteiger partial charge in [0.15, 0.2) is 0 Å². The van der Waals surface area contributed by atoms with E-state index in [9.17, 15) is 9.00 Å². The first-order valence-corrected chi connectivity index (χ1v) is 3.99. The number of carbonyl (C=O) groups is 1. The van der Waals surface area contributed by atoms with Crippen LogP contribution < -0.4 is 9.44 Å². The molecule has 6 heteroatoms. The van der Waals surface area contributed by atoms with E-state index in [0.29, 0.717) is 4.48 Å². The summed E-state index contributed by atoms with van der Waals surface area (Å²) < 4.78 is 15.3. The summed E-state index contributed by atoms with van der Waals surface area (Å²) in [7, 11) is 0. The lowest BCUT2D eigenvalue weighted by Gasteiger charge is -2.08. The molecule has 0 saturated carbocycles. The topological polar surface area (TPSA) is 58.2 Å². The molecule has 0 radical (unpaired) electrons. The van der Waals surface area contributed by atoms with Crippen LogP contribution in [0.1, 0.15) is 0 Å². The molecule has 50 valence electrons. The predicted molar refractivity (Wildman–Crippen MR) is 36.4 cm³/mol. The Morgan fingerprint density at radius 3 is 2.78 bits per heavy atom. The van der Waals surface area contributed by atoms with Gasteiger partial charge in [-0.25, -0.2) is 4.21 Å². The summed E-state index contributed by atoms with van der Waals surface area (Å²) in [5.74, 6) is -0.368. The molecule has 1 atom stereocenters. The number of carbonyl (C=O) groups excluding carboxylic acids is 1. The highest BCUT2D eigenvalue weighted by Crippen LogP contribution is 2.05. The Balaban J connectivity index is 2.79. The van der Waals surface area contributed by atoms with E-state index in [4.69, 9.17) is 0 Å². The molecule has 1 heterocycles. The van der Waals surface area contributed by atoms with Gasteiger partial charge in [0.2, 0.25) is 11.2 Å². The van der Waals surface area contributed by atoms with Crippen LogP contribution in [0.5, 0.6) is 0 Å². The number of hydrogen-bond donors (Lipinski definition) is 2. The molecule has 0 bridgehead atoms. The maximum Gasteiger partial charge on any atom is 0.272 e. The fourth-order valence-corrected chi connectivity index (χ4v) is 1.39. The van der Waals surface area contributed by atoms with E-state index < -0.39 is 11.2 Å². The molecular formula is C3H3BrN2O2S. The minimum atomic E-state index is -1.45. The van der Waals surface area contributed by atoms with Crippen molar-refractivity contribution in [3.05, 3.63) is 10.7 Å². The minimum absolute atomic E-state index is 0.349. The Bertz CT molecular complexity index is 202. The van der Waals surface area contributed by atoms with Crippen molar-refractivity contribution >= 4 is 33.0 Å². The molecule has 0 fully saturated rings. The van der Waals surface area contributed by atoms with Crippen molar-refractivity contribution in [2.24, 2.45) is 0 Å². The molecule has 4 nitrogen and oxygen atoms in total. The van der Waals surface area contributed by atoms with Crippen LogP contribution in [0, 0.1) is 0 Å². The zero-order valence-electron chi connectivity index (χ0n) is 4.18. The quantitative estimate of drug-likeness (QED) is 0.568. The van der Waals surface area contributed by atoms with E-state index in [2.05, 4.69) is 25.4 Å². The molecule has 0 aliphatic carbocycles. The SMILES string of the molecule is O=C1NS(=O)NC=C1Br. The summed E-state index contributed by atoms with van der Waals surface area (Å²) in [5.41, 5.74) is 0.